The van der Waals surface area contributed by atoms with Crippen molar-refractivity contribution in [2.75, 3.05) is 20.8 Å². The Morgan fingerprint density at radius 2 is 1.91 bits per heavy atom. The molecule has 2 aromatic rings. The van der Waals surface area contributed by atoms with Crippen LogP contribution in [0.25, 0.3) is 0 Å². The Balaban J connectivity index is 1.69. The van der Waals surface area contributed by atoms with Crippen LogP contribution in [0.1, 0.15) is 36.8 Å². The number of rotatable bonds is 6. The average molecular weight is 507 g/mol. The largest absolute Gasteiger partial charge is 0.507 e. The number of methoxy groups -OCH3 is 1. The molecule has 2 aliphatic rings. The molecule has 1 heterocycles. The summed E-state index contributed by atoms with van der Waals surface area (Å²) in [5.41, 5.74) is -0.529. The molecule has 1 aliphatic carbocycles. The number of hydrazone groups is 1. The molecule has 1 N–H and O–H groups in total. The first-order chi connectivity index (χ1) is 16.5. The molecule has 9 heteroatoms. The van der Waals surface area contributed by atoms with Crippen LogP contribution in [0.15, 0.2) is 70.3 Å². The third kappa shape index (κ3) is 4.85. The Kier molecular flexibility index (Phi) is 6.77. The second kappa shape index (κ2) is 9.49. The number of benzene rings is 2. The van der Waals surface area contributed by atoms with Gasteiger partial charge in [-0.2, -0.15) is 18.3 Å². The van der Waals surface area contributed by atoms with Gasteiger partial charge in [0.25, 0.3) is 0 Å². The van der Waals surface area contributed by atoms with E-state index in [9.17, 15) is 18.3 Å². The number of hydrogen-bond acceptors (Lipinski definition) is 5. The summed E-state index contributed by atoms with van der Waals surface area (Å²) in [4.78, 5) is 0. The number of likely N-dealkylation sites (N-methyl/N-ethyl adjacent to an activating group) is 1. The fourth-order valence-electron chi connectivity index (χ4n) is 4.61. The van der Waals surface area contributed by atoms with Gasteiger partial charge in [-0.15, -0.1) is 0 Å². The number of hydrogen-bond donors (Lipinski definition) is 1. The second-order valence-corrected chi connectivity index (χ2v) is 9.26. The van der Waals surface area contributed by atoms with E-state index in [0.717, 1.165) is 23.4 Å². The molecule has 0 aromatic heterocycles. The lowest BCUT2D eigenvalue weighted by Crippen LogP contribution is -2.42. The predicted octanol–water partition coefficient (Wildman–Crippen LogP) is 6.49. The minimum absolute atomic E-state index is 0.177. The maximum Gasteiger partial charge on any atom is 0.431 e. The van der Waals surface area contributed by atoms with Crippen molar-refractivity contribution in [1.29, 1.82) is 0 Å². The van der Waals surface area contributed by atoms with Gasteiger partial charge in [0, 0.05) is 23.7 Å². The van der Waals surface area contributed by atoms with Gasteiger partial charge in [0.1, 0.15) is 23.9 Å². The monoisotopic (exact) mass is 506 g/mol. The second-order valence-electron chi connectivity index (χ2n) is 8.77. The van der Waals surface area contributed by atoms with Crippen molar-refractivity contribution in [1.82, 2.24) is 5.01 Å². The van der Waals surface area contributed by atoms with Crippen LogP contribution in [0.2, 0.25) is 0 Å². The molecule has 4 rings (SSSR count). The van der Waals surface area contributed by atoms with E-state index in [0.29, 0.717) is 29.2 Å². The molecular formula is C26H26ClF3N2O3. The van der Waals surface area contributed by atoms with E-state index in [2.05, 4.69) is 5.10 Å². The summed E-state index contributed by atoms with van der Waals surface area (Å²) in [5.74, 6) is -0.540. The molecule has 1 aliphatic heterocycles. The summed E-state index contributed by atoms with van der Waals surface area (Å²) in [6.07, 6.45) is 0.603. The van der Waals surface area contributed by atoms with Crippen LogP contribution in [0.4, 0.5) is 13.2 Å². The van der Waals surface area contributed by atoms with Crippen LogP contribution in [0.5, 0.6) is 17.2 Å². The third-order valence-corrected chi connectivity index (χ3v) is 6.92. The smallest absolute Gasteiger partial charge is 0.431 e. The van der Waals surface area contributed by atoms with E-state index in [1.807, 2.05) is 12.2 Å². The Morgan fingerprint density at radius 3 is 2.54 bits per heavy atom. The molecule has 0 radical (unpaired) electrons. The zero-order chi connectivity index (χ0) is 25.4. The van der Waals surface area contributed by atoms with Gasteiger partial charge in [-0.1, -0.05) is 29.8 Å². The van der Waals surface area contributed by atoms with Gasteiger partial charge in [0.2, 0.25) is 0 Å². The standard InChI is InChI=1S/C26H26ClF3N2O3/c1-25(21-12-11-20(14-22(21)33)35-15-16-7-9-18(27)10-8-16)23(17-5-4-6-19(13-17)34-3)24(26(28,29)30)31-32(25)2/h4-7,9,11-14,23,33H,8,10,15H2,1-3H3. The quantitative estimate of drug-likeness (QED) is 0.487. The number of phenols is 1. The molecule has 2 atom stereocenters. The van der Waals surface area contributed by atoms with E-state index < -0.39 is 23.3 Å². The summed E-state index contributed by atoms with van der Waals surface area (Å²) < 4.78 is 53.3. The summed E-state index contributed by atoms with van der Waals surface area (Å²) in [5, 5.41) is 16.9. The van der Waals surface area contributed by atoms with E-state index in [1.165, 1.54) is 25.2 Å². The van der Waals surface area contributed by atoms with E-state index in [-0.39, 0.29) is 5.75 Å². The molecule has 5 nitrogen and oxygen atoms in total. The maximum absolute atomic E-state index is 14.1. The van der Waals surface area contributed by atoms with Crippen molar-refractivity contribution in [2.24, 2.45) is 5.10 Å². The van der Waals surface area contributed by atoms with Crippen molar-refractivity contribution < 1.29 is 27.8 Å². The molecule has 0 amide bonds. The SMILES string of the molecule is COc1cccc(C2C(C(F)(F)F)=NN(C)C2(C)c2ccc(OCC3=CC=C(Cl)CC3)cc2O)c1. The Morgan fingerprint density at radius 1 is 1.14 bits per heavy atom. The molecule has 35 heavy (non-hydrogen) atoms. The number of ether oxygens (including phenoxy) is 2. The summed E-state index contributed by atoms with van der Waals surface area (Å²) in [6.45, 7) is 1.96. The number of allylic oxidation sites excluding steroid dienone is 3. The van der Waals surface area contributed by atoms with Gasteiger partial charge >= 0.3 is 6.18 Å². The highest BCUT2D eigenvalue weighted by molar-refractivity contribution is 6.29. The van der Waals surface area contributed by atoms with Crippen LogP contribution in [0, 0.1) is 0 Å². The van der Waals surface area contributed by atoms with Gasteiger partial charge in [0.05, 0.1) is 18.6 Å². The van der Waals surface area contributed by atoms with E-state index >= 15 is 0 Å². The van der Waals surface area contributed by atoms with Crippen molar-refractivity contribution in [2.45, 2.75) is 37.4 Å². The number of phenolic OH excluding ortho intramolecular Hbond substituents is 1. The average Bonchev–Trinajstić information content (AvgIpc) is 3.10. The van der Waals surface area contributed by atoms with Crippen molar-refractivity contribution in [3.63, 3.8) is 0 Å². The van der Waals surface area contributed by atoms with Crippen LogP contribution in [-0.4, -0.2) is 42.8 Å². The lowest BCUT2D eigenvalue weighted by atomic mass is 9.73. The lowest BCUT2D eigenvalue weighted by Gasteiger charge is -2.38. The van der Waals surface area contributed by atoms with Crippen molar-refractivity contribution >= 4 is 17.3 Å². The van der Waals surface area contributed by atoms with E-state index in [1.54, 1.807) is 43.3 Å². The minimum Gasteiger partial charge on any atom is -0.507 e. The number of alkyl halides is 3. The molecule has 0 fully saturated rings. The predicted molar refractivity (Wildman–Crippen MR) is 129 cm³/mol. The first kappa shape index (κ1) is 25.0. The summed E-state index contributed by atoms with van der Waals surface area (Å²) in [6, 6.07) is 11.1. The third-order valence-electron chi connectivity index (χ3n) is 6.61. The first-order valence-corrected chi connectivity index (χ1v) is 11.5. The molecule has 2 aromatic carbocycles. The highest BCUT2D eigenvalue weighted by Gasteiger charge is 2.57. The van der Waals surface area contributed by atoms with Gasteiger partial charge in [-0.3, -0.25) is 5.01 Å². The topological polar surface area (TPSA) is 54.3 Å². The van der Waals surface area contributed by atoms with E-state index in [4.69, 9.17) is 21.1 Å². The zero-order valence-electron chi connectivity index (χ0n) is 19.6. The zero-order valence-corrected chi connectivity index (χ0v) is 20.3. The molecule has 2 unspecified atom stereocenters. The molecular weight excluding hydrogens is 481 g/mol. The fraction of sp³-hybridized carbons (Fsp3) is 0.346. The Bertz CT molecular complexity index is 1210. The van der Waals surface area contributed by atoms with Crippen molar-refractivity contribution in [3.8, 4) is 17.2 Å². The maximum atomic E-state index is 14.1. The van der Waals surface area contributed by atoms with Crippen molar-refractivity contribution in [3.05, 3.63) is 76.3 Å². The Hall–Kier alpha value is -3.13. The van der Waals surface area contributed by atoms with Gasteiger partial charge in [-0.05, 0) is 61.2 Å². The molecule has 186 valence electrons. The molecule has 0 bridgehead atoms. The highest BCUT2D eigenvalue weighted by Crippen LogP contribution is 2.52. The Labute approximate surface area is 207 Å². The molecule has 0 spiro atoms. The van der Waals surface area contributed by atoms with Crippen LogP contribution in [0.3, 0.4) is 0 Å². The normalized spacial score (nSPS) is 22.4. The first-order valence-electron chi connectivity index (χ1n) is 11.1. The number of nitrogens with zero attached hydrogens (tertiary/aromatic N) is 2. The lowest BCUT2D eigenvalue weighted by molar-refractivity contribution is -0.0613. The highest BCUT2D eigenvalue weighted by atomic mass is 35.5. The van der Waals surface area contributed by atoms with Crippen LogP contribution in [-0.2, 0) is 5.54 Å². The summed E-state index contributed by atoms with van der Waals surface area (Å²) in [7, 11) is 2.93. The molecule has 0 saturated heterocycles. The molecule has 0 saturated carbocycles. The van der Waals surface area contributed by atoms with Crippen LogP contribution >= 0.6 is 11.6 Å². The number of halogens is 4. The van der Waals surface area contributed by atoms with Gasteiger partial charge < -0.3 is 14.6 Å². The fourth-order valence-corrected chi connectivity index (χ4v) is 4.77. The number of aromatic hydroxyl groups is 1. The minimum atomic E-state index is -4.66. The van der Waals surface area contributed by atoms with Crippen LogP contribution < -0.4 is 9.47 Å². The summed E-state index contributed by atoms with van der Waals surface area (Å²) >= 11 is 5.99. The van der Waals surface area contributed by atoms with Gasteiger partial charge in [-0.25, -0.2) is 0 Å². The van der Waals surface area contributed by atoms with Gasteiger partial charge in [0.15, 0.2) is 5.71 Å².